The minimum absolute atomic E-state index is 0.00987. The second-order valence-corrected chi connectivity index (χ2v) is 14.2. The number of carbonyl (C=O) groups is 1. The van der Waals surface area contributed by atoms with Gasteiger partial charge in [0, 0.05) is 36.2 Å². The number of rotatable bonds is 8. The Labute approximate surface area is 304 Å². The molecule has 0 spiro atoms. The van der Waals surface area contributed by atoms with E-state index in [9.17, 15) is 35.4 Å². The number of ether oxygens (including phenoxy) is 6. The Kier molecular flexibility index (Phi) is 8.47. The number of aromatic hydroxyl groups is 1. The first kappa shape index (κ1) is 35.6. The minimum atomic E-state index is -2.53. The van der Waals surface area contributed by atoms with Gasteiger partial charge in [0.25, 0.3) is 0 Å². The Hall–Kier alpha value is -4.39. The SMILES string of the molecule is CNC1CCCC2(O)Oc3cc(OC4OC5(C(=O)O)C(NC)CNC(O)(C4O)C5O)cc(-c4cccc(O)c4)c3C3Oc4c(OC)c(OC)cc1c4C32. The van der Waals surface area contributed by atoms with Crippen LogP contribution in [0.5, 0.6) is 34.5 Å². The van der Waals surface area contributed by atoms with E-state index in [1.807, 2.05) is 13.1 Å². The fraction of sp³-hybridized carbons (Fsp3) is 0.486. The quantitative estimate of drug-likeness (QED) is 0.157. The van der Waals surface area contributed by atoms with Crippen LogP contribution < -0.4 is 39.6 Å². The summed E-state index contributed by atoms with van der Waals surface area (Å²) in [6, 6.07) is 10.3. The molecule has 2 bridgehead atoms. The fourth-order valence-corrected chi connectivity index (χ4v) is 8.95. The van der Waals surface area contributed by atoms with E-state index in [1.165, 1.54) is 32.4 Å². The van der Waals surface area contributed by atoms with Crippen LogP contribution in [0.1, 0.15) is 54.0 Å². The summed E-state index contributed by atoms with van der Waals surface area (Å²) in [6.07, 6.45) is -5.30. The molecule has 2 saturated heterocycles. The summed E-state index contributed by atoms with van der Waals surface area (Å²) in [4.78, 5) is 12.8. The van der Waals surface area contributed by atoms with E-state index in [1.54, 1.807) is 25.3 Å². The zero-order chi connectivity index (χ0) is 37.6. The van der Waals surface area contributed by atoms with Gasteiger partial charge in [-0.15, -0.1) is 0 Å². The largest absolute Gasteiger partial charge is 0.508 e. The highest BCUT2D eigenvalue weighted by Crippen LogP contribution is 2.65. The average Bonchev–Trinajstić information content (AvgIpc) is 3.54. The molecule has 0 amide bonds. The number of piperidine rings is 1. The van der Waals surface area contributed by atoms with Gasteiger partial charge in [-0.3, -0.25) is 5.32 Å². The maximum Gasteiger partial charge on any atom is 0.340 e. The highest BCUT2D eigenvalue weighted by Gasteiger charge is 2.71. The molecule has 284 valence electrons. The predicted molar refractivity (Wildman–Crippen MR) is 184 cm³/mol. The topological polar surface area (TPSA) is 230 Å². The summed E-state index contributed by atoms with van der Waals surface area (Å²) < 4.78 is 37.1. The molecule has 0 saturated carbocycles. The lowest BCUT2D eigenvalue weighted by Gasteiger charge is -2.58. The van der Waals surface area contributed by atoms with Gasteiger partial charge in [0.2, 0.25) is 23.4 Å². The second-order valence-electron chi connectivity index (χ2n) is 14.2. The van der Waals surface area contributed by atoms with Gasteiger partial charge < -0.3 is 69.7 Å². The van der Waals surface area contributed by atoms with Crippen LogP contribution in [0.3, 0.4) is 0 Å². The number of likely N-dealkylation sites (N-methyl/N-ethyl adjacent to an activating group) is 1. The number of aliphatic carboxylic acids is 1. The molecule has 10 atom stereocenters. The molecule has 16 heteroatoms. The van der Waals surface area contributed by atoms with Gasteiger partial charge in [-0.25, -0.2) is 4.79 Å². The molecule has 0 aromatic heterocycles. The van der Waals surface area contributed by atoms with E-state index in [0.29, 0.717) is 52.3 Å². The van der Waals surface area contributed by atoms with Gasteiger partial charge in [0.05, 0.1) is 26.2 Å². The van der Waals surface area contributed by atoms with Gasteiger partial charge in [-0.1, -0.05) is 12.1 Å². The number of benzene rings is 3. The molecular formula is C37H43N3O13. The van der Waals surface area contributed by atoms with E-state index in [-0.39, 0.29) is 36.3 Å². The number of phenolic OH excluding ortho intramolecular Hbond substituents is 1. The van der Waals surface area contributed by atoms with Crippen molar-refractivity contribution in [2.45, 2.75) is 79.0 Å². The van der Waals surface area contributed by atoms with Crippen molar-refractivity contribution < 1.29 is 63.9 Å². The maximum absolute atomic E-state index is 12.8. The zero-order valence-corrected chi connectivity index (χ0v) is 29.5. The number of nitrogens with one attached hydrogen (secondary N) is 3. The Morgan fingerprint density at radius 3 is 2.51 bits per heavy atom. The molecule has 53 heavy (non-hydrogen) atoms. The molecule has 5 aliphatic rings. The molecule has 4 aliphatic heterocycles. The highest BCUT2D eigenvalue weighted by atomic mass is 16.7. The monoisotopic (exact) mass is 737 g/mol. The zero-order valence-electron chi connectivity index (χ0n) is 29.5. The molecule has 0 radical (unpaired) electrons. The lowest BCUT2D eigenvalue weighted by molar-refractivity contribution is -0.362. The highest BCUT2D eigenvalue weighted by molar-refractivity contribution is 5.81. The van der Waals surface area contributed by atoms with Gasteiger partial charge in [0.1, 0.15) is 29.5 Å². The number of carboxylic acids is 1. The van der Waals surface area contributed by atoms with E-state index in [4.69, 9.17) is 28.4 Å². The third-order valence-corrected chi connectivity index (χ3v) is 11.5. The van der Waals surface area contributed by atoms with Crippen molar-refractivity contribution in [3.05, 3.63) is 59.2 Å². The summed E-state index contributed by atoms with van der Waals surface area (Å²) in [7, 11) is 6.40. The maximum atomic E-state index is 12.8. The van der Waals surface area contributed by atoms with Gasteiger partial charge in [0.15, 0.2) is 23.3 Å². The molecule has 3 aromatic rings. The van der Waals surface area contributed by atoms with Crippen LogP contribution in [-0.2, 0) is 9.53 Å². The molecule has 3 aromatic carbocycles. The van der Waals surface area contributed by atoms with Crippen LogP contribution in [0, 0.1) is 0 Å². The van der Waals surface area contributed by atoms with Crippen molar-refractivity contribution in [1.29, 1.82) is 0 Å². The van der Waals surface area contributed by atoms with Crippen molar-refractivity contribution in [2.24, 2.45) is 0 Å². The van der Waals surface area contributed by atoms with Crippen molar-refractivity contribution in [2.75, 3.05) is 34.9 Å². The molecule has 16 nitrogen and oxygen atoms in total. The number of aliphatic hydroxyl groups excluding tert-OH is 2. The summed E-state index contributed by atoms with van der Waals surface area (Å²) in [6.45, 7) is -0.161. The molecule has 4 heterocycles. The molecule has 1 aliphatic carbocycles. The molecule has 9 N–H and O–H groups in total. The lowest BCUT2D eigenvalue weighted by atomic mass is 9.73. The third kappa shape index (κ3) is 5.01. The van der Waals surface area contributed by atoms with E-state index in [2.05, 4.69) is 16.0 Å². The average molecular weight is 738 g/mol. The summed E-state index contributed by atoms with van der Waals surface area (Å²) >= 11 is 0. The summed E-state index contributed by atoms with van der Waals surface area (Å²) in [5.41, 5.74) is -1.89. The Morgan fingerprint density at radius 1 is 1.04 bits per heavy atom. The Morgan fingerprint density at radius 2 is 1.83 bits per heavy atom. The van der Waals surface area contributed by atoms with Crippen molar-refractivity contribution in [3.8, 4) is 45.6 Å². The van der Waals surface area contributed by atoms with Crippen LogP contribution >= 0.6 is 0 Å². The second kappa shape index (κ2) is 12.6. The molecule has 8 rings (SSSR count). The Bertz CT molecular complexity index is 1960. The van der Waals surface area contributed by atoms with E-state index < -0.39 is 59.6 Å². The number of fused-ring (bicyclic) bond motifs is 4. The van der Waals surface area contributed by atoms with Crippen LogP contribution in [0.25, 0.3) is 11.1 Å². The Balaban J connectivity index is 1.30. The first-order valence-corrected chi connectivity index (χ1v) is 17.4. The third-order valence-electron chi connectivity index (χ3n) is 11.5. The first-order valence-electron chi connectivity index (χ1n) is 17.4. The van der Waals surface area contributed by atoms with Crippen LogP contribution in [-0.4, -0.2) is 113 Å². The van der Waals surface area contributed by atoms with Gasteiger partial charge in [-0.05, 0) is 67.9 Å². The van der Waals surface area contributed by atoms with E-state index >= 15 is 0 Å². The van der Waals surface area contributed by atoms with Crippen LogP contribution in [0.2, 0.25) is 0 Å². The normalized spacial score (nSPS) is 35.1. The van der Waals surface area contributed by atoms with E-state index in [0.717, 1.165) is 5.56 Å². The number of hydrogen-bond acceptors (Lipinski definition) is 15. The number of hydrogen-bond donors (Lipinski definition) is 9. The minimum Gasteiger partial charge on any atom is -0.508 e. The molecule has 2 fully saturated rings. The summed E-state index contributed by atoms with van der Waals surface area (Å²) in [5.74, 6) is -2.79. The number of phenols is 1. The van der Waals surface area contributed by atoms with Crippen LogP contribution in [0.15, 0.2) is 42.5 Å². The molecular weight excluding hydrogens is 694 g/mol. The van der Waals surface area contributed by atoms with Crippen molar-refractivity contribution in [3.63, 3.8) is 0 Å². The number of carboxylic acid groups (broad SMARTS) is 1. The van der Waals surface area contributed by atoms with Gasteiger partial charge >= 0.3 is 5.97 Å². The predicted octanol–water partition coefficient (Wildman–Crippen LogP) is 0.979. The standard InChI is InChI=1S/C37H43N3O13/c1-38-21-9-6-10-35(46)27-26-20(21)14-23(48-3)28(49-4)30(26)51-29(27)25-19(16-7-5-8-17(41)11-16)12-18(13-22(25)52-35)50-32-31(42)37(47)33(43)36(53-32,34(44)45)24(39-2)15-40-37/h5,7-8,11-14,21,24,27,29,31-33,38-43,46-47H,6,9-10,15H2,1-4H3,(H,44,45). The fourth-order valence-electron chi connectivity index (χ4n) is 8.95. The summed E-state index contributed by atoms with van der Waals surface area (Å²) in [5, 5.41) is 76.2. The van der Waals surface area contributed by atoms with Crippen molar-refractivity contribution >= 4 is 5.97 Å². The van der Waals surface area contributed by atoms with Crippen LogP contribution in [0.4, 0.5) is 0 Å². The lowest BCUT2D eigenvalue weighted by Crippen LogP contribution is -2.87. The number of methoxy groups -OCH3 is 2. The smallest absolute Gasteiger partial charge is 0.340 e. The molecule has 10 unspecified atom stereocenters. The number of aliphatic hydroxyl groups is 4. The first-order chi connectivity index (χ1) is 25.3. The van der Waals surface area contributed by atoms with Crippen molar-refractivity contribution in [1.82, 2.24) is 16.0 Å². The van der Waals surface area contributed by atoms with Gasteiger partial charge in [-0.2, -0.15) is 0 Å².